The fourth-order valence-electron chi connectivity index (χ4n) is 1.57. The van der Waals surface area contributed by atoms with Gasteiger partial charge in [0.1, 0.15) is 11.6 Å². The lowest BCUT2D eigenvalue weighted by molar-refractivity contribution is 0.103. The molecule has 1 aromatic carbocycles. The number of benzene rings is 1. The van der Waals surface area contributed by atoms with E-state index in [1.807, 2.05) is 0 Å². The number of nitrogen functional groups attached to an aromatic ring is 1. The number of nitrogens with two attached hydrogens (primary N) is 1. The lowest BCUT2D eigenvalue weighted by atomic mass is 10.0. The van der Waals surface area contributed by atoms with Crippen LogP contribution < -0.4 is 5.73 Å². The molecule has 0 saturated heterocycles. The number of aromatic nitrogens is 1. The van der Waals surface area contributed by atoms with Crippen LogP contribution in [0.25, 0.3) is 0 Å². The van der Waals surface area contributed by atoms with Crippen molar-refractivity contribution in [1.82, 2.24) is 4.98 Å². The molecule has 18 heavy (non-hydrogen) atoms. The standard InChI is InChI=1S/C13H10ClFN2O/c1-7-4-8(2-3-11(7)15)12(18)10-5-9(14)6-17-13(10)16/h2-6H,1H3,(H2,16,17). The highest BCUT2D eigenvalue weighted by Crippen LogP contribution is 2.20. The molecule has 1 aromatic heterocycles. The Hall–Kier alpha value is -1.94. The molecule has 0 unspecified atom stereocenters. The van der Waals surface area contributed by atoms with E-state index in [2.05, 4.69) is 4.98 Å². The summed E-state index contributed by atoms with van der Waals surface area (Å²) in [5, 5.41) is 0.325. The topological polar surface area (TPSA) is 56.0 Å². The Kier molecular flexibility index (Phi) is 3.30. The van der Waals surface area contributed by atoms with Gasteiger partial charge in [-0.15, -0.1) is 0 Å². The minimum Gasteiger partial charge on any atom is -0.383 e. The molecule has 1 heterocycles. The fourth-order valence-corrected chi connectivity index (χ4v) is 1.73. The van der Waals surface area contributed by atoms with Crippen molar-refractivity contribution in [1.29, 1.82) is 0 Å². The van der Waals surface area contributed by atoms with Gasteiger partial charge >= 0.3 is 0 Å². The van der Waals surface area contributed by atoms with E-state index < -0.39 is 0 Å². The molecule has 0 amide bonds. The molecule has 0 bridgehead atoms. The number of pyridine rings is 1. The highest BCUT2D eigenvalue weighted by Gasteiger charge is 2.14. The summed E-state index contributed by atoms with van der Waals surface area (Å²) in [6.07, 6.45) is 1.36. The van der Waals surface area contributed by atoms with Crippen molar-refractivity contribution in [3.8, 4) is 0 Å². The summed E-state index contributed by atoms with van der Waals surface area (Å²) in [5.41, 5.74) is 6.60. The van der Waals surface area contributed by atoms with Gasteiger partial charge in [0.05, 0.1) is 10.6 Å². The van der Waals surface area contributed by atoms with Crippen LogP contribution in [-0.2, 0) is 0 Å². The molecule has 2 N–H and O–H groups in total. The second kappa shape index (κ2) is 4.74. The molecule has 3 nitrogen and oxygen atoms in total. The second-order valence-corrected chi connectivity index (χ2v) is 4.32. The molecule has 0 aliphatic heterocycles. The van der Waals surface area contributed by atoms with E-state index in [1.165, 1.54) is 30.5 Å². The summed E-state index contributed by atoms with van der Waals surface area (Å²) in [4.78, 5) is 16.0. The highest BCUT2D eigenvalue weighted by atomic mass is 35.5. The predicted octanol–water partition coefficient (Wildman–Crippen LogP) is 3.00. The fraction of sp³-hybridized carbons (Fsp3) is 0.0769. The van der Waals surface area contributed by atoms with Gasteiger partial charge in [0.2, 0.25) is 0 Å². The van der Waals surface area contributed by atoms with E-state index in [1.54, 1.807) is 6.92 Å². The van der Waals surface area contributed by atoms with E-state index in [0.717, 1.165) is 0 Å². The summed E-state index contributed by atoms with van der Waals surface area (Å²) in [6.45, 7) is 1.59. The first-order valence-corrected chi connectivity index (χ1v) is 5.58. The van der Waals surface area contributed by atoms with Gasteiger partial charge in [-0.25, -0.2) is 9.37 Å². The third kappa shape index (κ3) is 2.33. The summed E-state index contributed by atoms with van der Waals surface area (Å²) in [6, 6.07) is 5.57. The largest absolute Gasteiger partial charge is 0.383 e. The monoisotopic (exact) mass is 264 g/mol. The van der Waals surface area contributed by atoms with E-state index >= 15 is 0 Å². The first kappa shape index (κ1) is 12.5. The number of ketones is 1. The Labute approximate surface area is 108 Å². The molecule has 2 rings (SSSR count). The number of halogens is 2. The summed E-state index contributed by atoms with van der Waals surface area (Å²) < 4.78 is 13.1. The predicted molar refractivity (Wildman–Crippen MR) is 68.2 cm³/mol. The lowest BCUT2D eigenvalue weighted by Gasteiger charge is -2.06. The highest BCUT2D eigenvalue weighted by molar-refractivity contribution is 6.31. The molecule has 0 fully saturated rings. The van der Waals surface area contributed by atoms with E-state index in [4.69, 9.17) is 17.3 Å². The van der Waals surface area contributed by atoms with Crippen LogP contribution in [0, 0.1) is 12.7 Å². The zero-order chi connectivity index (χ0) is 13.3. The Morgan fingerprint density at radius 1 is 1.39 bits per heavy atom. The molecule has 92 valence electrons. The maximum Gasteiger partial charge on any atom is 0.196 e. The van der Waals surface area contributed by atoms with Gasteiger partial charge in [0.25, 0.3) is 0 Å². The Bertz CT molecular complexity index is 628. The Morgan fingerprint density at radius 2 is 2.11 bits per heavy atom. The van der Waals surface area contributed by atoms with Crippen LogP contribution in [0.5, 0.6) is 0 Å². The van der Waals surface area contributed by atoms with E-state index in [-0.39, 0.29) is 23.0 Å². The maximum absolute atomic E-state index is 13.1. The Balaban J connectivity index is 2.47. The molecule has 0 radical (unpaired) electrons. The summed E-state index contributed by atoms with van der Waals surface area (Å²) in [7, 11) is 0. The molecular weight excluding hydrogens is 255 g/mol. The van der Waals surface area contributed by atoms with E-state index in [9.17, 15) is 9.18 Å². The van der Waals surface area contributed by atoms with Gasteiger partial charge in [-0.3, -0.25) is 4.79 Å². The van der Waals surface area contributed by atoms with Crippen LogP contribution in [0.3, 0.4) is 0 Å². The minimum atomic E-state index is -0.358. The van der Waals surface area contributed by atoms with Gasteiger partial charge in [-0.1, -0.05) is 11.6 Å². The first-order chi connectivity index (χ1) is 8.49. The number of aryl methyl sites for hydroxylation is 1. The van der Waals surface area contributed by atoms with Gasteiger partial charge < -0.3 is 5.73 Å². The second-order valence-electron chi connectivity index (χ2n) is 3.88. The van der Waals surface area contributed by atoms with Crippen LogP contribution >= 0.6 is 11.6 Å². The van der Waals surface area contributed by atoms with Gasteiger partial charge in [0, 0.05) is 11.8 Å². The molecule has 2 aromatic rings. The van der Waals surface area contributed by atoms with Crippen LogP contribution in [0.1, 0.15) is 21.5 Å². The minimum absolute atomic E-state index is 0.103. The maximum atomic E-state index is 13.1. The third-order valence-corrected chi connectivity index (χ3v) is 2.76. The molecule has 0 aliphatic rings. The van der Waals surface area contributed by atoms with Crippen molar-refractivity contribution in [3.05, 3.63) is 58.0 Å². The van der Waals surface area contributed by atoms with Crippen LogP contribution in [0.4, 0.5) is 10.2 Å². The number of anilines is 1. The smallest absolute Gasteiger partial charge is 0.196 e. The van der Waals surface area contributed by atoms with Gasteiger partial charge in [0.15, 0.2) is 5.78 Å². The van der Waals surface area contributed by atoms with Gasteiger partial charge in [-0.2, -0.15) is 0 Å². The molecule has 0 spiro atoms. The zero-order valence-electron chi connectivity index (χ0n) is 9.58. The van der Waals surface area contributed by atoms with Crippen molar-refractivity contribution in [2.45, 2.75) is 6.92 Å². The molecular formula is C13H10ClFN2O. The van der Waals surface area contributed by atoms with Crippen molar-refractivity contribution < 1.29 is 9.18 Å². The first-order valence-electron chi connectivity index (χ1n) is 5.21. The van der Waals surface area contributed by atoms with Crippen molar-refractivity contribution in [2.75, 3.05) is 5.73 Å². The SMILES string of the molecule is Cc1cc(C(=O)c2cc(Cl)cnc2N)ccc1F. The Morgan fingerprint density at radius 3 is 2.78 bits per heavy atom. The van der Waals surface area contributed by atoms with Crippen molar-refractivity contribution >= 4 is 23.2 Å². The van der Waals surface area contributed by atoms with Crippen LogP contribution in [0.2, 0.25) is 5.02 Å². The van der Waals surface area contributed by atoms with Crippen LogP contribution in [0.15, 0.2) is 30.5 Å². The average Bonchev–Trinajstić information content (AvgIpc) is 2.35. The molecule has 0 atom stereocenters. The number of carbonyl (C=O) groups excluding carboxylic acids is 1. The van der Waals surface area contributed by atoms with Crippen LogP contribution in [-0.4, -0.2) is 10.8 Å². The summed E-state index contributed by atoms with van der Waals surface area (Å²) in [5.74, 6) is -0.583. The number of rotatable bonds is 2. The molecule has 5 heteroatoms. The zero-order valence-corrected chi connectivity index (χ0v) is 10.3. The van der Waals surface area contributed by atoms with E-state index in [0.29, 0.717) is 16.1 Å². The summed E-state index contributed by atoms with van der Waals surface area (Å²) >= 11 is 5.77. The number of hydrogen-bond acceptors (Lipinski definition) is 3. The van der Waals surface area contributed by atoms with Crippen molar-refractivity contribution in [2.24, 2.45) is 0 Å². The normalized spacial score (nSPS) is 10.4. The number of hydrogen-bond donors (Lipinski definition) is 1. The van der Waals surface area contributed by atoms with Gasteiger partial charge in [-0.05, 0) is 36.8 Å². The number of nitrogens with zero attached hydrogens (tertiary/aromatic N) is 1. The average molecular weight is 265 g/mol. The number of carbonyl (C=O) groups is 1. The van der Waals surface area contributed by atoms with Crippen molar-refractivity contribution in [3.63, 3.8) is 0 Å². The lowest BCUT2D eigenvalue weighted by Crippen LogP contribution is -2.07. The molecule has 0 aliphatic carbocycles. The quantitative estimate of drug-likeness (QED) is 0.849. The third-order valence-electron chi connectivity index (χ3n) is 2.55. The molecule has 0 saturated carbocycles.